The highest BCUT2D eigenvalue weighted by Gasteiger charge is 2.38. The molecule has 1 aromatic carbocycles. The number of carbonyl (C=O) groups excluding carboxylic acids is 1. The maximum absolute atomic E-state index is 12.3. The third-order valence-corrected chi connectivity index (χ3v) is 4.95. The molecule has 4 rings (SSSR count). The van der Waals surface area contributed by atoms with Crippen molar-refractivity contribution in [1.82, 2.24) is 15.1 Å². The third-order valence-electron chi connectivity index (χ3n) is 4.95. The second-order valence-corrected chi connectivity index (χ2v) is 6.58. The summed E-state index contributed by atoms with van der Waals surface area (Å²) < 4.78 is 11.2. The van der Waals surface area contributed by atoms with Crippen molar-refractivity contribution in [3.05, 3.63) is 64.8 Å². The average Bonchev–Trinajstić information content (AvgIpc) is 3.25. The molecule has 7 heteroatoms. The minimum atomic E-state index is -0.687. The number of furan rings is 1. The van der Waals surface area contributed by atoms with Crippen LogP contribution in [0.2, 0.25) is 0 Å². The predicted octanol–water partition coefficient (Wildman–Crippen LogP) is 2.33. The lowest BCUT2D eigenvalue weighted by Crippen LogP contribution is -2.46. The first kappa shape index (κ1) is 16.4. The van der Waals surface area contributed by atoms with Crippen LogP contribution in [0.15, 0.2) is 62.4 Å². The number of amides is 1. The molecule has 1 aliphatic carbocycles. The molecule has 134 valence electrons. The molecule has 1 amide bonds. The molecule has 0 spiro atoms. The normalized spacial score (nSPS) is 15.4. The Morgan fingerprint density at radius 2 is 2.00 bits per heavy atom. The molecule has 1 fully saturated rings. The fourth-order valence-electron chi connectivity index (χ4n) is 3.33. The largest absolute Gasteiger partial charge is 0.459 e. The second-order valence-electron chi connectivity index (χ2n) is 6.58. The summed E-state index contributed by atoms with van der Waals surface area (Å²) in [6.45, 7) is 0.363. The number of nitrogens with zero attached hydrogens (tertiary/aromatic N) is 2. The van der Waals surface area contributed by atoms with Gasteiger partial charge >= 0.3 is 5.76 Å². The third kappa shape index (κ3) is 3.08. The van der Waals surface area contributed by atoms with E-state index in [-0.39, 0.29) is 23.8 Å². The second kappa shape index (κ2) is 6.67. The van der Waals surface area contributed by atoms with E-state index in [1.165, 1.54) is 11.8 Å². The summed E-state index contributed by atoms with van der Waals surface area (Å²) in [7, 11) is 0. The van der Waals surface area contributed by atoms with Crippen molar-refractivity contribution in [2.75, 3.05) is 6.54 Å². The topological polar surface area (TPSA) is 90.3 Å². The van der Waals surface area contributed by atoms with Crippen LogP contribution >= 0.6 is 0 Å². The molecule has 0 atom stereocenters. The van der Waals surface area contributed by atoms with Gasteiger partial charge in [-0.2, -0.15) is 4.68 Å². The van der Waals surface area contributed by atoms with Gasteiger partial charge in [0.1, 0.15) is 6.54 Å². The Kier molecular flexibility index (Phi) is 4.20. The highest BCUT2D eigenvalue weighted by Crippen LogP contribution is 2.43. The van der Waals surface area contributed by atoms with Gasteiger partial charge in [0.25, 0.3) is 5.89 Å². The number of hydrogen-bond acceptors (Lipinski definition) is 5. The van der Waals surface area contributed by atoms with Gasteiger partial charge in [-0.1, -0.05) is 36.8 Å². The van der Waals surface area contributed by atoms with Crippen molar-refractivity contribution < 1.29 is 13.6 Å². The van der Waals surface area contributed by atoms with E-state index in [1.54, 1.807) is 12.1 Å². The van der Waals surface area contributed by atoms with Gasteiger partial charge < -0.3 is 14.2 Å². The molecule has 2 aromatic heterocycles. The number of benzene rings is 1. The van der Waals surface area contributed by atoms with Gasteiger partial charge in [0.15, 0.2) is 5.76 Å². The van der Waals surface area contributed by atoms with Crippen LogP contribution in [0.5, 0.6) is 0 Å². The Bertz CT molecular complexity index is 937. The standard InChI is InChI=1S/C19H19N3O4/c23-16(12-22-18(24)26-17(21-22)15-8-4-11-25-15)20-13-19(9-5-10-19)14-6-2-1-3-7-14/h1-4,6-8,11H,5,9-10,12-13H2,(H,20,23). The number of hydrogen-bond donors (Lipinski definition) is 1. The fraction of sp³-hybridized carbons (Fsp3) is 0.316. The van der Waals surface area contributed by atoms with Crippen LogP contribution in [0.3, 0.4) is 0 Å². The lowest BCUT2D eigenvalue weighted by Gasteiger charge is -2.42. The monoisotopic (exact) mass is 353 g/mol. The first-order valence-electron chi connectivity index (χ1n) is 8.60. The molecule has 1 N–H and O–H groups in total. The number of carbonyl (C=O) groups is 1. The summed E-state index contributed by atoms with van der Waals surface area (Å²) in [6.07, 6.45) is 4.70. The summed E-state index contributed by atoms with van der Waals surface area (Å²) in [6, 6.07) is 13.5. The van der Waals surface area contributed by atoms with Gasteiger partial charge in [0.05, 0.1) is 6.26 Å². The van der Waals surface area contributed by atoms with Crippen molar-refractivity contribution in [1.29, 1.82) is 0 Å². The maximum atomic E-state index is 12.3. The maximum Gasteiger partial charge on any atom is 0.437 e. The first-order chi connectivity index (χ1) is 12.7. The molecule has 26 heavy (non-hydrogen) atoms. The Hall–Kier alpha value is -3.09. The van der Waals surface area contributed by atoms with Crippen molar-refractivity contribution in [3.8, 4) is 11.7 Å². The number of nitrogens with one attached hydrogen (secondary N) is 1. The summed E-state index contributed by atoms with van der Waals surface area (Å²) >= 11 is 0. The minimum absolute atomic E-state index is 0.00889. The van der Waals surface area contributed by atoms with Gasteiger partial charge in [-0.3, -0.25) is 4.79 Å². The lowest BCUT2D eigenvalue weighted by atomic mass is 9.64. The van der Waals surface area contributed by atoms with E-state index in [9.17, 15) is 9.59 Å². The highest BCUT2D eigenvalue weighted by atomic mass is 16.4. The van der Waals surface area contributed by atoms with Crippen molar-refractivity contribution >= 4 is 5.91 Å². The molecular formula is C19H19N3O4. The Morgan fingerprint density at radius 1 is 1.19 bits per heavy atom. The van der Waals surface area contributed by atoms with Crippen LogP contribution in [0.1, 0.15) is 24.8 Å². The van der Waals surface area contributed by atoms with Crippen molar-refractivity contribution in [2.45, 2.75) is 31.2 Å². The molecule has 1 aliphatic rings. The van der Waals surface area contributed by atoms with Gasteiger partial charge in [-0.05, 0) is 30.5 Å². The van der Waals surface area contributed by atoms with Crippen LogP contribution in [0, 0.1) is 0 Å². The average molecular weight is 353 g/mol. The number of aromatic nitrogens is 2. The quantitative estimate of drug-likeness (QED) is 0.734. The van der Waals surface area contributed by atoms with E-state index in [1.807, 2.05) is 18.2 Å². The van der Waals surface area contributed by atoms with Gasteiger partial charge in [-0.25, -0.2) is 4.79 Å². The van der Waals surface area contributed by atoms with Crippen molar-refractivity contribution in [3.63, 3.8) is 0 Å². The molecule has 0 radical (unpaired) electrons. The molecule has 0 unspecified atom stereocenters. The molecule has 7 nitrogen and oxygen atoms in total. The van der Waals surface area contributed by atoms with Crippen LogP contribution in [-0.4, -0.2) is 22.2 Å². The lowest BCUT2D eigenvalue weighted by molar-refractivity contribution is -0.122. The SMILES string of the molecule is O=C(Cn1nc(-c2ccco2)oc1=O)NCC1(c2ccccc2)CCC1. The van der Waals surface area contributed by atoms with E-state index in [2.05, 4.69) is 22.5 Å². The van der Waals surface area contributed by atoms with Gasteiger partial charge in [-0.15, -0.1) is 5.10 Å². The zero-order valence-electron chi connectivity index (χ0n) is 14.2. The molecule has 3 aromatic rings. The Balaban J connectivity index is 1.41. The zero-order chi connectivity index (χ0) is 18.0. The van der Waals surface area contributed by atoms with Crippen molar-refractivity contribution in [2.24, 2.45) is 0 Å². The van der Waals surface area contributed by atoms with E-state index < -0.39 is 5.76 Å². The molecule has 0 bridgehead atoms. The predicted molar refractivity (Wildman–Crippen MR) is 93.4 cm³/mol. The summed E-state index contributed by atoms with van der Waals surface area (Å²) in [5.74, 6) is -0.548. The molecule has 2 heterocycles. The number of rotatable bonds is 6. The van der Waals surface area contributed by atoms with Gasteiger partial charge in [0.2, 0.25) is 5.91 Å². The molecule has 1 saturated carbocycles. The smallest absolute Gasteiger partial charge is 0.437 e. The van der Waals surface area contributed by atoms with E-state index >= 15 is 0 Å². The highest BCUT2D eigenvalue weighted by molar-refractivity contribution is 5.75. The molecular weight excluding hydrogens is 334 g/mol. The fourth-order valence-corrected chi connectivity index (χ4v) is 3.33. The van der Waals surface area contributed by atoms with Crippen LogP contribution in [0.25, 0.3) is 11.7 Å². The minimum Gasteiger partial charge on any atom is -0.459 e. The van der Waals surface area contributed by atoms with Crippen LogP contribution < -0.4 is 11.1 Å². The Morgan fingerprint density at radius 3 is 2.65 bits per heavy atom. The Labute approximate surface area is 149 Å². The van der Waals surface area contributed by atoms with Gasteiger partial charge in [0, 0.05) is 12.0 Å². The van der Waals surface area contributed by atoms with Crippen LogP contribution in [-0.2, 0) is 16.8 Å². The van der Waals surface area contributed by atoms with E-state index in [0.29, 0.717) is 12.3 Å². The first-order valence-corrected chi connectivity index (χ1v) is 8.60. The summed E-state index contributed by atoms with van der Waals surface area (Å²) in [5.41, 5.74) is 1.23. The summed E-state index contributed by atoms with van der Waals surface area (Å²) in [5, 5.41) is 6.95. The molecule has 0 aliphatic heterocycles. The zero-order valence-corrected chi connectivity index (χ0v) is 14.2. The summed E-state index contributed by atoms with van der Waals surface area (Å²) in [4.78, 5) is 24.2. The van der Waals surface area contributed by atoms with E-state index in [4.69, 9.17) is 8.83 Å². The molecule has 0 saturated heterocycles. The van der Waals surface area contributed by atoms with Crippen LogP contribution in [0.4, 0.5) is 0 Å². The van der Waals surface area contributed by atoms with E-state index in [0.717, 1.165) is 23.9 Å².